The van der Waals surface area contributed by atoms with Crippen molar-refractivity contribution < 1.29 is 33.8 Å². The van der Waals surface area contributed by atoms with Gasteiger partial charge in [-0.3, -0.25) is 9.59 Å². The number of nitrogens with zero attached hydrogens (tertiary/aromatic N) is 2. The number of carbonyl (C=O) groups is 4. The van der Waals surface area contributed by atoms with Crippen LogP contribution in [-0.2, 0) is 37.1 Å². The lowest BCUT2D eigenvalue weighted by Gasteiger charge is -2.30. The lowest BCUT2D eigenvalue weighted by atomic mass is 10.1. The number of benzene rings is 2. The molecule has 2 aromatic rings. The van der Waals surface area contributed by atoms with E-state index in [0.717, 1.165) is 11.1 Å². The van der Waals surface area contributed by atoms with Crippen molar-refractivity contribution in [2.45, 2.75) is 50.7 Å². The molecular formula is C27H31N3O7. The van der Waals surface area contributed by atoms with E-state index >= 15 is 0 Å². The Kier molecular flexibility index (Phi) is 8.73. The number of amides is 3. The summed E-state index contributed by atoms with van der Waals surface area (Å²) in [7, 11) is 0. The number of rotatable bonds is 8. The monoisotopic (exact) mass is 509 g/mol. The first kappa shape index (κ1) is 26.2. The summed E-state index contributed by atoms with van der Waals surface area (Å²) in [5.41, 5.74) is 1.65. The topological polar surface area (TPSA) is 125 Å². The molecule has 37 heavy (non-hydrogen) atoms. The summed E-state index contributed by atoms with van der Waals surface area (Å²) in [5, 5.41) is 12.6. The fraction of sp³-hybridized carbons (Fsp3) is 0.407. The summed E-state index contributed by atoms with van der Waals surface area (Å²) in [6.45, 7) is 0.111. The SMILES string of the molecule is O=C(NCC(=O)N1C[C@H](O)C[C@@H]1C(=O)N1CCC[C@H]1C(=O)OCc1ccccc1)OCc1ccccc1. The summed E-state index contributed by atoms with van der Waals surface area (Å²) in [5.74, 6) is -1.42. The molecule has 0 spiro atoms. The second kappa shape index (κ2) is 12.4. The van der Waals surface area contributed by atoms with Gasteiger partial charge in [-0.05, 0) is 24.0 Å². The number of aliphatic hydroxyl groups is 1. The van der Waals surface area contributed by atoms with Gasteiger partial charge < -0.3 is 29.7 Å². The summed E-state index contributed by atoms with van der Waals surface area (Å²) in [6.07, 6.45) is -0.480. The average molecular weight is 510 g/mol. The van der Waals surface area contributed by atoms with Gasteiger partial charge in [-0.2, -0.15) is 0 Å². The van der Waals surface area contributed by atoms with Gasteiger partial charge in [0, 0.05) is 19.5 Å². The first-order valence-electron chi connectivity index (χ1n) is 12.4. The van der Waals surface area contributed by atoms with E-state index in [1.54, 1.807) is 0 Å². The Morgan fingerprint density at radius 1 is 0.865 bits per heavy atom. The molecule has 2 N–H and O–H groups in total. The summed E-state index contributed by atoms with van der Waals surface area (Å²) >= 11 is 0. The van der Waals surface area contributed by atoms with Crippen molar-refractivity contribution in [1.29, 1.82) is 0 Å². The molecule has 2 saturated heterocycles. The second-order valence-corrected chi connectivity index (χ2v) is 9.15. The molecule has 10 heteroatoms. The highest BCUT2D eigenvalue weighted by atomic mass is 16.5. The summed E-state index contributed by atoms with van der Waals surface area (Å²) in [6, 6.07) is 16.7. The molecule has 0 unspecified atom stereocenters. The van der Waals surface area contributed by atoms with Crippen molar-refractivity contribution in [3.63, 3.8) is 0 Å². The van der Waals surface area contributed by atoms with Gasteiger partial charge in [0.05, 0.1) is 6.10 Å². The zero-order valence-corrected chi connectivity index (χ0v) is 20.5. The van der Waals surface area contributed by atoms with Gasteiger partial charge >= 0.3 is 12.1 Å². The van der Waals surface area contributed by atoms with Crippen LogP contribution in [0.1, 0.15) is 30.4 Å². The van der Waals surface area contributed by atoms with Crippen LogP contribution in [0.25, 0.3) is 0 Å². The van der Waals surface area contributed by atoms with Crippen LogP contribution >= 0.6 is 0 Å². The fourth-order valence-corrected chi connectivity index (χ4v) is 4.64. The first-order valence-corrected chi connectivity index (χ1v) is 12.4. The van der Waals surface area contributed by atoms with Crippen molar-refractivity contribution in [3.8, 4) is 0 Å². The van der Waals surface area contributed by atoms with Gasteiger partial charge in [-0.25, -0.2) is 9.59 Å². The zero-order chi connectivity index (χ0) is 26.2. The van der Waals surface area contributed by atoms with Crippen molar-refractivity contribution >= 4 is 23.9 Å². The van der Waals surface area contributed by atoms with Crippen molar-refractivity contribution in [1.82, 2.24) is 15.1 Å². The maximum absolute atomic E-state index is 13.4. The molecule has 0 saturated carbocycles. The lowest BCUT2D eigenvalue weighted by molar-refractivity contribution is -0.156. The van der Waals surface area contributed by atoms with Crippen LogP contribution in [0.3, 0.4) is 0 Å². The Balaban J connectivity index is 1.30. The number of aliphatic hydroxyl groups excluding tert-OH is 1. The maximum atomic E-state index is 13.4. The van der Waals surface area contributed by atoms with Gasteiger partial charge in [0.25, 0.3) is 0 Å². The predicted octanol–water partition coefficient (Wildman–Crippen LogP) is 1.61. The second-order valence-electron chi connectivity index (χ2n) is 9.15. The number of carbonyl (C=O) groups excluding carboxylic acids is 4. The van der Waals surface area contributed by atoms with E-state index in [2.05, 4.69) is 5.32 Å². The fourth-order valence-electron chi connectivity index (χ4n) is 4.64. The van der Waals surface area contributed by atoms with E-state index in [4.69, 9.17) is 9.47 Å². The van der Waals surface area contributed by atoms with Crippen molar-refractivity contribution in [2.75, 3.05) is 19.6 Å². The molecule has 3 amide bonds. The molecule has 2 aliphatic heterocycles. The van der Waals surface area contributed by atoms with Gasteiger partial charge in [0.15, 0.2) is 0 Å². The molecule has 0 aromatic heterocycles. The third-order valence-electron chi connectivity index (χ3n) is 6.51. The lowest BCUT2D eigenvalue weighted by Crippen LogP contribution is -2.52. The Morgan fingerprint density at radius 3 is 2.14 bits per heavy atom. The maximum Gasteiger partial charge on any atom is 0.407 e. The third kappa shape index (κ3) is 6.85. The molecule has 0 radical (unpaired) electrons. The number of alkyl carbamates (subject to hydrolysis) is 1. The number of ether oxygens (including phenoxy) is 2. The highest BCUT2D eigenvalue weighted by Crippen LogP contribution is 2.26. The van der Waals surface area contributed by atoms with E-state index in [0.29, 0.717) is 19.4 Å². The van der Waals surface area contributed by atoms with Gasteiger partial charge in [0.1, 0.15) is 31.8 Å². The number of hydrogen-bond acceptors (Lipinski definition) is 7. The average Bonchev–Trinajstić information content (AvgIpc) is 3.57. The quantitative estimate of drug-likeness (QED) is 0.518. The first-order chi connectivity index (χ1) is 17.9. The molecular weight excluding hydrogens is 478 g/mol. The Hall–Kier alpha value is -3.92. The van der Waals surface area contributed by atoms with Gasteiger partial charge in [-0.1, -0.05) is 60.7 Å². The van der Waals surface area contributed by atoms with Gasteiger partial charge in [0.2, 0.25) is 11.8 Å². The molecule has 2 heterocycles. The molecule has 2 aromatic carbocycles. The number of β-amino-alcohol motifs (C(OH)–C–C–N with tert-alkyl or cyclic N) is 1. The van der Waals surface area contributed by atoms with Gasteiger partial charge in [-0.15, -0.1) is 0 Å². The summed E-state index contributed by atoms with van der Waals surface area (Å²) in [4.78, 5) is 53.7. The Labute approximate surface area is 215 Å². The highest BCUT2D eigenvalue weighted by Gasteiger charge is 2.45. The number of likely N-dealkylation sites (tertiary alicyclic amines) is 2. The number of esters is 1. The molecule has 0 aliphatic carbocycles. The molecule has 2 fully saturated rings. The molecule has 4 rings (SSSR count). The minimum atomic E-state index is -0.924. The van der Waals surface area contributed by atoms with E-state index in [1.807, 2.05) is 60.7 Å². The van der Waals surface area contributed by atoms with Crippen LogP contribution in [-0.4, -0.2) is 76.6 Å². The predicted molar refractivity (Wildman–Crippen MR) is 132 cm³/mol. The van der Waals surface area contributed by atoms with Crippen LogP contribution < -0.4 is 5.32 Å². The van der Waals surface area contributed by atoms with Crippen LogP contribution in [0.15, 0.2) is 60.7 Å². The Morgan fingerprint density at radius 2 is 1.49 bits per heavy atom. The normalized spacial score (nSPS) is 20.9. The molecule has 3 atom stereocenters. The number of nitrogens with one attached hydrogen (secondary N) is 1. The Bertz CT molecular complexity index is 1100. The minimum absolute atomic E-state index is 0.0348. The van der Waals surface area contributed by atoms with E-state index in [9.17, 15) is 24.3 Å². The minimum Gasteiger partial charge on any atom is -0.459 e. The zero-order valence-electron chi connectivity index (χ0n) is 20.5. The highest BCUT2D eigenvalue weighted by molar-refractivity contribution is 5.92. The summed E-state index contributed by atoms with van der Waals surface area (Å²) < 4.78 is 10.6. The molecule has 2 aliphatic rings. The molecule has 0 bridgehead atoms. The van der Waals surface area contributed by atoms with Crippen molar-refractivity contribution in [3.05, 3.63) is 71.8 Å². The van der Waals surface area contributed by atoms with E-state index < -0.39 is 42.1 Å². The largest absolute Gasteiger partial charge is 0.459 e. The van der Waals surface area contributed by atoms with E-state index in [1.165, 1.54) is 9.80 Å². The standard InChI is InChI=1S/C27H31N3O7/c31-21-14-23(30(16-21)24(32)15-28-27(35)37-18-20-10-5-2-6-11-20)25(33)29-13-7-12-22(29)26(34)36-17-19-8-3-1-4-9-19/h1-6,8-11,21-23,31H,7,12-18H2,(H,28,35)/t21-,22+,23-/m1/s1. The number of hydrogen-bond donors (Lipinski definition) is 2. The van der Waals surface area contributed by atoms with Crippen LogP contribution in [0.5, 0.6) is 0 Å². The van der Waals surface area contributed by atoms with E-state index in [-0.39, 0.29) is 32.7 Å². The van der Waals surface area contributed by atoms with Crippen LogP contribution in [0.4, 0.5) is 4.79 Å². The third-order valence-corrected chi connectivity index (χ3v) is 6.51. The van der Waals surface area contributed by atoms with Crippen LogP contribution in [0.2, 0.25) is 0 Å². The molecule has 10 nitrogen and oxygen atoms in total. The van der Waals surface area contributed by atoms with Crippen LogP contribution in [0, 0.1) is 0 Å². The molecule has 196 valence electrons. The smallest absolute Gasteiger partial charge is 0.407 e. The van der Waals surface area contributed by atoms with Crippen molar-refractivity contribution in [2.24, 2.45) is 0 Å².